The van der Waals surface area contributed by atoms with Gasteiger partial charge in [-0.2, -0.15) is 0 Å². The molecule has 1 amide bonds. The Balaban J connectivity index is 2.01. The van der Waals surface area contributed by atoms with Crippen LogP contribution in [0.15, 0.2) is 42.5 Å². The highest BCUT2D eigenvalue weighted by Gasteiger charge is 2.21. The molecule has 0 aromatic heterocycles. The van der Waals surface area contributed by atoms with Crippen LogP contribution >= 0.6 is 0 Å². The average molecular weight is 337 g/mol. The summed E-state index contributed by atoms with van der Waals surface area (Å²) in [6, 6.07) is 9.41. The summed E-state index contributed by atoms with van der Waals surface area (Å²) in [5.41, 5.74) is 0.440. The quantitative estimate of drug-likeness (QED) is 0.836. The summed E-state index contributed by atoms with van der Waals surface area (Å²) in [4.78, 5) is 12.0. The van der Waals surface area contributed by atoms with Crippen LogP contribution in [0.4, 0.5) is 18.9 Å². The number of rotatable bonds is 6. The van der Waals surface area contributed by atoms with Gasteiger partial charge in [0.05, 0.1) is 0 Å². The molecule has 128 valence electrons. The number of halogens is 3. The van der Waals surface area contributed by atoms with Crippen molar-refractivity contribution in [1.29, 1.82) is 0 Å². The number of quaternary nitrogens is 1. The number of anilines is 1. The molecule has 1 atom stereocenters. The van der Waals surface area contributed by atoms with Gasteiger partial charge in [-0.05, 0) is 24.3 Å². The Morgan fingerprint density at radius 2 is 1.62 bits per heavy atom. The van der Waals surface area contributed by atoms with E-state index in [1.807, 2.05) is 13.8 Å². The van der Waals surface area contributed by atoms with Gasteiger partial charge in [0, 0.05) is 11.5 Å². The first-order valence-electron chi connectivity index (χ1n) is 7.71. The van der Waals surface area contributed by atoms with Crippen molar-refractivity contribution in [1.82, 2.24) is 0 Å². The third kappa shape index (κ3) is 4.58. The molecule has 2 aromatic carbocycles. The maximum atomic E-state index is 13.5. The van der Waals surface area contributed by atoms with Crippen molar-refractivity contribution >= 4 is 11.6 Å². The lowest BCUT2D eigenvalue weighted by atomic mass is 9.96. The molecule has 3 N–H and O–H groups in total. The first-order chi connectivity index (χ1) is 11.4. The van der Waals surface area contributed by atoms with Crippen LogP contribution in [0.3, 0.4) is 0 Å². The highest BCUT2D eigenvalue weighted by molar-refractivity contribution is 5.91. The molecular formula is C18H20F3N2O+. The number of nitrogens with one attached hydrogen (secondary N) is 1. The summed E-state index contributed by atoms with van der Waals surface area (Å²) < 4.78 is 40.1. The molecule has 0 aliphatic rings. The van der Waals surface area contributed by atoms with Gasteiger partial charge in [0.25, 0.3) is 5.91 Å². The van der Waals surface area contributed by atoms with Gasteiger partial charge in [-0.15, -0.1) is 0 Å². The van der Waals surface area contributed by atoms with Crippen LogP contribution in [0.2, 0.25) is 0 Å². The molecule has 0 radical (unpaired) electrons. The van der Waals surface area contributed by atoms with Crippen molar-refractivity contribution in [3.8, 4) is 0 Å². The Morgan fingerprint density at radius 3 is 2.17 bits per heavy atom. The lowest BCUT2D eigenvalue weighted by Crippen LogP contribution is -2.88. The summed E-state index contributed by atoms with van der Waals surface area (Å²) >= 11 is 0. The minimum absolute atomic E-state index is 0.00595. The van der Waals surface area contributed by atoms with Crippen molar-refractivity contribution in [2.24, 2.45) is 5.92 Å². The SMILES string of the molecule is CC(C)[C@@H]([NH2+]CC(=O)Nc1c(F)cccc1F)c1ccc(F)cc1. The Labute approximate surface area is 138 Å². The van der Waals surface area contributed by atoms with Crippen LogP contribution in [0.1, 0.15) is 25.5 Å². The van der Waals surface area contributed by atoms with Gasteiger partial charge in [0.1, 0.15) is 29.2 Å². The lowest BCUT2D eigenvalue weighted by molar-refractivity contribution is -0.692. The second kappa shape index (κ2) is 7.97. The molecule has 0 bridgehead atoms. The highest BCUT2D eigenvalue weighted by Crippen LogP contribution is 2.19. The van der Waals surface area contributed by atoms with Crippen LogP contribution in [-0.2, 0) is 4.79 Å². The molecule has 2 rings (SSSR count). The molecule has 24 heavy (non-hydrogen) atoms. The monoisotopic (exact) mass is 337 g/mol. The van der Waals surface area contributed by atoms with E-state index in [4.69, 9.17) is 0 Å². The zero-order valence-electron chi connectivity index (χ0n) is 13.5. The lowest BCUT2D eigenvalue weighted by Gasteiger charge is -2.19. The molecule has 0 spiro atoms. The van der Waals surface area contributed by atoms with E-state index in [0.717, 1.165) is 17.7 Å². The van der Waals surface area contributed by atoms with Crippen molar-refractivity contribution in [2.75, 3.05) is 11.9 Å². The Hall–Kier alpha value is -2.34. The van der Waals surface area contributed by atoms with Crippen molar-refractivity contribution in [3.05, 3.63) is 65.5 Å². The van der Waals surface area contributed by atoms with Crippen molar-refractivity contribution < 1.29 is 23.3 Å². The van der Waals surface area contributed by atoms with E-state index in [9.17, 15) is 18.0 Å². The van der Waals surface area contributed by atoms with E-state index in [-0.39, 0.29) is 24.3 Å². The fraction of sp³-hybridized carbons (Fsp3) is 0.278. The molecule has 6 heteroatoms. The zero-order valence-corrected chi connectivity index (χ0v) is 13.5. The van der Waals surface area contributed by atoms with E-state index in [2.05, 4.69) is 5.32 Å². The summed E-state index contributed by atoms with van der Waals surface area (Å²) in [5, 5.41) is 4.02. The van der Waals surface area contributed by atoms with Crippen LogP contribution in [0.5, 0.6) is 0 Å². The van der Waals surface area contributed by atoms with E-state index < -0.39 is 23.2 Å². The van der Waals surface area contributed by atoms with Gasteiger partial charge in [-0.1, -0.05) is 32.0 Å². The van der Waals surface area contributed by atoms with Crippen LogP contribution in [0.25, 0.3) is 0 Å². The Bertz CT molecular complexity index is 682. The first kappa shape index (κ1) is 18.0. The number of carbonyl (C=O) groups is 1. The van der Waals surface area contributed by atoms with Crippen molar-refractivity contribution in [3.63, 3.8) is 0 Å². The molecule has 0 aliphatic carbocycles. The third-order valence-corrected chi connectivity index (χ3v) is 3.76. The standard InChI is InChI=1S/C18H19F3N2O/c1-11(2)17(12-6-8-13(19)9-7-12)22-10-16(24)23-18-14(20)4-3-5-15(18)21/h3-9,11,17,22H,10H2,1-2H3,(H,23,24)/p+1/t17-/m1/s1. The molecule has 0 fully saturated rings. The van der Waals surface area contributed by atoms with Gasteiger partial charge in [-0.25, -0.2) is 13.2 Å². The largest absolute Gasteiger partial charge is 0.332 e. The normalized spacial score (nSPS) is 12.2. The number of hydrogen-bond donors (Lipinski definition) is 2. The summed E-state index contributed by atoms with van der Waals surface area (Å²) in [5.74, 6) is -2.28. The third-order valence-electron chi connectivity index (χ3n) is 3.76. The minimum Gasteiger partial charge on any atom is -0.332 e. The number of nitrogens with two attached hydrogens (primary N) is 1. The Morgan fingerprint density at radius 1 is 1.04 bits per heavy atom. The predicted octanol–water partition coefficient (Wildman–Crippen LogP) is 3.00. The maximum absolute atomic E-state index is 13.5. The predicted molar refractivity (Wildman–Crippen MR) is 85.8 cm³/mol. The molecule has 3 nitrogen and oxygen atoms in total. The summed E-state index contributed by atoms with van der Waals surface area (Å²) in [6.45, 7) is 3.96. The number of carbonyl (C=O) groups excluding carboxylic acids is 1. The summed E-state index contributed by atoms with van der Waals surface area (Å²) in [6.07, 6.45) is 0. The summed E-state index contributed by atoms with van der Waals surface area (Å²) in [7, 11) is 0. The second-order valence-corrected chi connectivity index (χ2v) is 5.91. The smallest absolute Gasteiger partial charge is 0.279 e. The number of benzene rings is 2. The van der Waals surface area contributed by atoms with Crippen LogP contribution < -0.4 is 10.6 Å². The van der Waals surface area contributed by atoms with E-state index in [1.54, 1.807) is 17.4 Å². The topological polar surface area (TPSA) is 45.7 Å². The number of amides is 1. The van der Waals surface area contributed by atoms with E-state index in [1.165, 1.54) is 18.2 Å². The van der Waals surface area contributed by atoms with E-state index >= 15 is 0 Å². The average Bonchev–Trinajstić information content (AvgIpc) is 2.52. The molecule has 0 saturated carbocycles. The minimum atomic E-state index is -0.817. The number of para-hydroxylation sites is 1. The van der Waals surface area contributed by atoms with Crippen LogP contribution in [-0.4, -0.2) is 12.5 Å². The second-order valence-electron chi connectivity index (χ2n) is 5.91. The molecule has 2 aromatic rings. The van der Waals surface area contributed by atoms with Gasteiger partial charge in [0.15, 0.2) is 6.54 Å². The van der Waals surface area contributed by atoms with Gasteiger partial charge < -0.3 is 10.6 Å². The molecule has 0 heterocycles. The van der Waals surface area contributed by atoms with Crippen LogP contribution in [0, 0.1) is 23.4 Å². The van der Waals surface area contributed by atoms with Gasteiger partial charge >= 0.3 is 0 Å². The zero-order chi connectivity index (χ0) is 17.7. The molecular weight excluding hydrogens is 317 g/mol. The fourth-order valence-electron chi connectivity index (χ4n) is 2.52. The van der Waals surface area contributed by atoms with E-state index in [0.29, 0.717) is 0 Å². The molecule has 0 unspecified atom stereocenters. The first-order valence-corrected chi connectivity index (χ1v) is 7.71. The Kier molecular flexibility index (Phi) is 5.98. The van der Waals surface area contributed by atoms with Gasteiger partial charge in [-0.3, -0.25) is 4.79 Å². The molecule has 0 aliphatic heterocycles. The number of hydrogen-bond acceptors (Lipinski definition) is 1. The molecule has 0 saturated heterocycles. The van der Waals surface area contributed by atoms with Crippen molar-refractivity contribution in [2.45, 2.75) is 19.9 Å². The fourth-order valence-corrected chi connectivity index (χ4v) is 2.52. The van der Waals surface area contributed by atoms with Gasteiger partial charge in [0.2, 0.25) is 0 Å². The highest BCUT2D eigenvalue weighted by atomic mass is 19.1. The maximum Gasteiger partial charge on any atom is 0.279 e.